The van der Waals surface area contributed by atoms with Gasteiger partial charge in [-0.25, -0.2) is 0 Å². The molecule has 234 valence electrons. The van der Waals surface area contributed by atoms with Crippen molar-refractivity contribution in [1.29, 1.82) is 0 Å². The molecule has 10 atom stereocenters. The fourth-order valence-corrected chi connectivity index (χ4v) is 13.1. The summed E-state index contributed by atoms with van der Waals surface area (Å²) in [6.45, 7) is 24.5. The molecule has 0 aliphatic heterocycles. The molecule has 0 saturated heterocycles. The smallest absolute Gasteiger partial charge is 0.312 e. The zero-order valence-electron chi connectivity index (χ0n) is 28.3. The molecule has 6 aliphatic carbocycles. The Labute approximate surface area is 257 Å². The fourth-order valence-electron chi connectivity index (χ4n) is 13.1. The Morgan fingerprint density at radius 1 is 0.905 bits per heavy atom. The van der Waals surface area contributed by atoms with E-state index in [4.69, 9.17) is 10.5 Å². The molecule has 6 aliphatic rings. The first-order valence-electron chi connectivity index (χ1n) is 17.6. The molecule has 3 nitrogen and oxygen atoms in total. The Hall–Kier alpha value is -1.35. The van der Waals surface area contributed by atoms with Gasteiger partial charge in [0.15, 0.2) is 0 Å². The summed E-state index contributed by atoms with van der Waals surface area (Å²) in [6.07, 6.45) is 19.3. The highest BCUT2D eigenvalue weighted by Crippen LogP contribution is 2.76. The van der Waals surface area contributed by atoms with Crippen molar-refractivity contribution in [2.75, 3.05) is 6.61 Å². The molecular formula is C39H61NO2. The highest BCUT2D eigenvalue weighted by molar-refractivity contribution is 5.77. The van der Waals surface area contributed by atoms with Gasteiger partial charge in [0.1, 0.15) is 0 Å². The van der Waals surface area contributed by atoms with Crippen LogP contribution in [-0.2, 0) is 9.53 Å². The maximum Gasteiger partial charge on any atom is 0.312 e. The minimum atomic E-state index is -0.377. The molecular weight excluding hydrogens is 514 g/mol. The average Bonchev–Trinajstić information content (AvgIpc) is 3.28. The molecule has 42 heavy (non-hydrogen) atoms. The molecule has 0 radical (unpaired) electrons. The lowest BCUT2D eigenvalue weighted by molar-refractivity contribution is -0.219. The predicted octanol–water partition coefficient (Wildman–Crippen LogP) is 9.57. The predicted molar refractivity (Wildman–Crippen MR) is 174 cm³/mol. The van der Waals surface area contributed by atoms with Gasteiger partial charge in [-0.05, 0) is 160 Å². The van der Waals surface area contributed by atoms with Crippen LogP contribution in [0.2, 0.25) is 0 Å². The molecule has 3 heteroatoms. The van der Waals surface area contributed by atoms with Gasteiger partial charge in [-0.1, -0.05) is 58.9 Å². The Kier molecular flexibility index (Phi) is 7.17. The molecule has 0 bridgehead atoms. The van der Waals surface area contributed by atoms with Crippen molar-refractivity contribution in [3.63, 3.8) is 0 Å². The third kappa shape index (κ3) is 4.03. The van der Waals surface area contributed by atoms with Gasteiger partial charge in [0.2, 0.25) is 0 Å². The van der Waals surface area contributed by atoms with E-state index in [9.17, 15) is 4.79 Å². The first kappa shape index (κ1) is 30.7. The lowest BCUT2D eigenvalue weighted by atomic mass is 9.33. The summed E-state index contributed by atoms with van der Waals surface area (Å²) in [5.74, 6) is 3.37. The van der Waals surface area contributed by atoms with Crippen molar-refractivity contribution < 1.29 is 9.53 Å². The van der Waals surface area contributed by atoms with Crippen molar-refractivity contribution in [3.05, 3.63) is 35.5 Å². The lowest BCUT2D eigenvalue weighted by Gasteiger charge is -2.72. The van der Waals surface area contributed by atoms with E-state index in [1.807, 2.05) is 6.92 Å². The normalized spacial score (nSPS) is 49.4. The summed E-state index contributed by atoms with van der Waals surface area (Å²) in [6, 6.07) is 0. The number of carbonyl (C=O) groups excluding carboxylic acids is 1. The average molecular weight is 576 g/mol. The second-order valence-corrected chi connectivity index (χ2v) is 17.7. The van der Waals surface area contributed by atoms with E-state index in [-0.39, 0.29) is 22.3 Å². The maximum atomic E-state index is 12.7. The number of allylic oxidation sites excluding steroid dienone is 5. The molecule has 0 heterocycles. The minimum Gasteiger partial charge on any atom is -0.466 e. The summed E-state index contributed by atoms with van der Waals surface area (Å²) < 4.78 is 5.45. The van der Waals surface area contributed by atoms with Crippen molar-refractivity contribution in [2.24, 2.45) is 62.4 Å². The number of ether oxygens (including phenoxy) is 1. The van der Waals surface area contributed by atoms with Gasteiger partial charge in [0, 0.05) is 5.54 Å². The van der Waals surface area contributed by atoms with Crippen LogP contribution in [0.25, 0.3) is 0 Å². The second-order valence-electron chi connectivity index (χ2n) is 17.7. The number of carbonyl (C=O) groups is 1. The van der Waals surface area contributed by atoms with Crippen LogP contribution in [0.15, 0.2) is 35.5 Å². The molecule has 0 aromatic carbocycles. The van der Waals surface area contributed by atoms with Gasteiger partial charge in [-0.2, -0.15) is 0 Å². The van der Waals surface area contributed by atoms with E-state index in [1.165, 1.54) is 68.9 Å². The number of fused-ring (bicyclic) bond motifs is 7. The van der Waals surface area contributed by atoms with E-state index >= 15 is 0 Å². The molecule has 0 unspecified atom stereocenters. The highest BCUT2D eigenvalue weighted by Gasteiger charge is 2.70. The minimum absolute atomic E-state index is 0.0258. The molecule has 4 saturated carbocycles. The highest BCUT2D eigenvalue weighted by atomic mass is 16.5. The van der Waals surface area contributed by atoms with Crippen molar-refractivity contribution >= 4 is 5.97 Å². The van der Waals surface area contributed by atoms with Crippen LogP contribution < -0.4 is 5.73 Å². The third-order valence-electron chi connectivity index (χ3n) is 15.6. The van der Waals surface area contributed by atoms with Crippen molar-refractivity contribution in [3.8, 4) is 0 Å². The maximum absolute atomic E-state index is 12.7. The molecule has 0 spiro atoms. The van der Waals surface area contributed by atoms with Gasteiger partial charge in [0.05, 0.1) is 12.0 Å². The van der Waals surface area contributed by atoms with E-state index in [0.717, 1.165) is 31.1 Å². The van der Waals surface area contributed by atoms with Crippen LogP contribution in [0.5, 0.6) is 0 Å². The van der Waals surface area contributed by atoms with Gasteiger partial charge < -0.3 is 10.5 Å². The zero-order chi connectivity index (χ0) is 30.5. The SMILES string of the molecule is C=C(C)[C@@H]1CC[C@]2(N)CC[C@]3(C)[C@H](CC[C@@H]4[C@@]5(C)CC=C(C6=CC[C@](C)(C(=O)OCC)CC6)C(C)(C)[C@@H]5CC[C@]43C)[C@@H]12. The quantitative estimate of drug-likeness (QED) is 0.268. The van der Waals surface area contributed by atoms with Crippen LogP contribution in [0.4, 0.5) is 0 Å². The summed E-state index contributed by atoms with van der Waals surface area (Å²) in [4.78, 5) is 12.7. The first-order valence-corrected chi connectivity index (χ1v) is 17.6. The van der Waals surface area contributed by atoms with Crippen molar-refractivity contribution in [2.45, 2.75) is 138 Å². The molecule has 2 N–H and O–H groups in total. The van der Waals surface area contributed by atoms with E-state index in [2.05, 4.69) is 67.2 Å². The first-order chi connectivity index (χ1) is 19.6. The van der Waals surface area contributed by atoms with Crippen LogP contribution in [-0.4, -0.2) is 18.1 Å². The third-order valence-corrected chi connectivity index (χ3v) is 15.6. The standard InChI is InChI=1S/C39H61NO2/c1-10-42-33(41)35(6)18-13-26(14-19-35)28-16-20-36(7)30(34(28,4)5)17-21-38(9)31(36)12-11-29-32-27(25(2)3)15-22-39(32,40)24-23-37(29,38)8/h13,16,27,29-32H,2,10-12,14-15,17-24,40H2,1,3-9H3/t27-,29+,30-,31+,32+,35-,36-,37+,38+,39-/m0/s1. The summed E-state index contributed by atoms with van der Waals surface area (Å²) >= 11 is 0. The Morgan fingerprint density at radius 3 is 2.29 bits per heavy atom. The van der Waals surface area contributed by atoms with E-state index in [1.54, 1.807) is 5.57 Å². The summed E-state index contributed by atoms with van der Waals surface area (Å²) in [7, 11) is 0. The topological polar surface area (TPSA) is 52.3 Å². The molecule has 6 rings (SSSR count). The number of nitrogens with two attached hydrogens (primary N) is 1. The number of esters is 1. The molecule has 0 aromatic heterocycles. The monoisotopic (exact) mass is 575 g/mol. The number of hydrogen-bond acceptors (Lipinski definition) is 3. The Morgan fingerprint density at radius 2 is 1.64 bits per heavy atom. The lowest BCUT2D eigenvalue weighted by Crippen LogP contribution is -2.67. The fraction of sp³-hybridized carbons (Fsp3) is 0.821. The van der Waals surface area contributed by atoms with Gasteiger partial charge >= 0.3 is 5.97 Å². The van der Waals surface area contributed by atoms with E-state index in [0.29, 0.717) is 40.6 Å². The van der Waals surface area contributed by atoms with Gasteiger partial charge in [0.25, 0.3) is 0 Å². The molecule has 0 aromatic rings. The van der Waals surface area contributed by atoms with E-state index < -0.39 is 0 Å². The van der Waals surface area contributed by atoms with Gasteiger partial charge in [-0.3, -0.25) is 4.79 Å². The van der Waals surface area contributed by atoms with Crippen molar-refractivity contribution in [1.82, 2.24) is 0 Å². The van der Waals surface area contributed by atoms with Crippen LogP contribution in [0, 0.1) is 56.7 Å². The van der Waals surface area contributed by atoms with Crippen LogP contribution >= 0.6 is 0 Å². The number of hydrogen-bond donors (Lipinski definition) is 1. The Balaban J connectivity index is 1.30. The zero-order valence-corrected chi connectivity index (χ0v) is 28.3. The van der Waals surface area contributed by atoms with Crippen LogP contribution in [0.3, 0.4) is 0 Å². The number of rotatable bonds is 4. The Bertz CT molecular complexity index is 1210. The molecule has 4 fully saturated rings. The van der Waals surface area contributed by atoms with Crippen LogP contribution in [0.1, 0.15) is 132 Å². The molecule has 0 amide bonds. The summed E-state index contributed by atoms with van der Waals surface area (Å²) in [5.41, 5.74) is 12.6. The second kappa shape index (κ2) is 9.82. The van der Waals surface area contributed by atoms with Gasteiger partial charge in [-0.15, -0.1) is 0 Å². The summed E-state index contributed by atoms with van der Waals surface area (Å²) in [5, 5.41) is 0. The largest absolute Gasteiger partial charge is 0.466 e.